The van der Waals surface area contributed by atoms with Gasteiger partial charge in [0.2, 0.25) is 15.9 Å². The number of sulfonamides is 1. The van der Waals surface area contributed by atoms with Gasteiger partial charge in [0.25, 0.3) is 0 Å². The topological polar surface area (TPSA) is 75.3 Å². The number of hydrogen-bond donors (Lipinski definition) is 2. The van der Waals surface area contributed by atoms with Crippen molar-refractivity contribution in [3.8, 4) is 0 Å². The SMILES string of the molecule is CC(C)[C@H](NC(=O)[C@H](C)NS(C)(=O)=O)c1ccccc1Cl. The number of rotatable bonds is 6. The van der Waals surface area contributed by atoms with Gasteiger partial charge in [-0.1, -0.05) is 43.6 Å². The Morgan fingerprint density at radius 3 is 2.24 bits per heavy atom. The molecule has 2 N–H and O–H groups in total. The van der Waals surface area contributed by atoms with Gasteiger partial charge in [-0.2, -0.15) is 0 Å². The van der Waals surface area contributed by atoms with Gasteiger partial charge in [-0.05, 0) is 24.5 Å². The third kappa shape index (κ3) is 5.65. The monoisotopic (exact) mass is 332 g/mol. The lowest BCUT2D eigenvalue weighted by atomic mass is 9.95. The smallest absolute Gasteiger partial charge is 0.238 e. The van der Waals surface area contributed by atoms with Crippen LogP contribution < -0.4 is 10.0 Å². The van der Waals surface area contributed by atoms with Gasteiger partial charge in [0.05, 0.1) is 18.3 Å². The van der Waals surface area contributed by atoms with E-state index >= 15 is 0 Å². The molecule has 1 aromatic rings. The Morgan fingerprint density at radius 1 is 1.19 bits per heavy atom. The van der Waals surface area contributed by atoms with Crippen molar-refractivity contribution in [1.82, 2.24) is 10.0 Å². The third-order valence-corrected chi connectivity index (χ3v) is 4.11. The van der Waals surface area contributed by atoms with Crippen molar-refractivity contribution in [2.45, 2.75) is 32.9 Å². The summed E-state index contributed by atoms with van der Waals surface area (Å²) in [7, 11) is -3.43. The third-order valence-electron chi connectivity index (χ3n) is 2.99. The summed E-state index contributed by atoms with van der Waals surface area (Å²) in [5.41, 5.74) is 0.814. The molecule has 0 radical (unpaired) electrons. The second-order valence-corrected chi connectivity index (χ2v) is 7.55. The fraction of sp³-hybridized carbons (Fsp3) is 0.500. The van der Waals surface area contributed by atoms with E-state index in [9.17, 15) is 13.2 Å². The number of halogens is 1. The first-order chi connectivity index (χ1) is 9.61. The zero-order valence-electron chi connectivity index (χ0n) is 12.6. The fourth-order valence-electron chi connectivity index (χ4n) is 1.98. The number of nitrogens with one attached hydrogen (secondary N) is 2. The van der Waals surface area contributed by atoms with Crippen LogP contribution in [0.4, 0.5) is 0 Å². The van der Waals surface area contributed by atoms with E-state index in [0.29, 0.717) is 5.02 Å². The van der Waals surface area contributed by atoms with Gasteiger partial charge in [-0.25, -0.2) is 13.1 Å². The second kappa shape index (κ2) is 7.24. The second-order valence-electron chi connectivity index (χ2n) is 5.36. The molecule has 0 fully saturated rings. The molecule has 21 heavy (non-hydrogen) atoms. The van der Waals surface area contributed by atoms with Crippen molar-refractivity contribution in [2.75, 3.05) is 6.26 Å². The molecule has 118 valence electrons. The largest absolute Gasteiger partial charge is 0.348 e. The summed E-state index contributed by atoms with van der Waals surface area (Å²) in [5.74, 6) is -0.279. The number of carbonyl (C=O) groups excluding carboxylic acids is 1. The van der Waals surface area contributed by atoms with Crippen LogP contribution in [0.3, 0.4) is 0 Å². The average Bonchev–Trinajstić information content (AvgIpc) is 2.34. The highest BCUT2D eigenvalue weighted by atomic mass is 35.5. The van der Waals surface area contributed by atoms with Crippen LogP contribution in [0.1, 0.15) is 32.4 Å². The zero-order chi connectivity index (χ0) is 16.2. The van der Waals surface area contributed by atoms with Crippen molar-refractivity contribution in [3.05, 3.63) is 34.9 Å². The molecule has 0 saturated heterocycles. The molecule has 0 unspecified atom stereocenters. The summed E-state index contributed by atoms with van der Waals surface area (Å²) in [5, 5.41) is 3.42. The van der Waals surface area contributed by atoms with E-state index in [1.165, 1.54) is 6.92 Å². The zero-order valence-corrected chi connectivity index (χ0v) is 14.1. The van der Waals surface area contributed by atoms with Crippen LogP contribution in [0.2, 0.25) is 5.02 Å². The predicted molar refractivity (Wildman–Crippen MR) is 84.6 cm³/mol. The van der Waals surface area contributed by atoms with Crippen LogP contribution in [0.15, 0.2) is 24.3 Å². The van der Waals surface area contributed by atoms with Crippen LogP contribution in [-0.2, 0) is 14.8 Å². The van der Waals surface area contributed by atoms with Gasteiger partial charge in [-0.3, -0.25) is 4.79 Å². The van der Waals surface area contributed by atoms with E-state index in [0.717, 1.165) is 11.8 Å². The first-order valence-electron chi connectivity index (χ1n) is 6.64. The first kappa shape index (κ1) is 17.9. The molecule has 0 aliphatic carbocycles. The molecule has 0 aliphatic heterocycles. The molecule has 0 spiro atoms. The molecule has 0 aliphatic rings. The van der Waals surface area contributed by atoms with Gasteiger partial charge in [-0.15, -0.1) is 0 Å². The van der Waals surface area contributed by atoms with E-state index in [4.69, 9.17) is 11.6 Å². The van der Waals surface area contributed by atoms with Gasteiger partial charge >= 0.3 is 0 Å². The van der Waals surface area contributed by atoms with Gasteiger partial charge in [0.1, 0.15) is 0 Å². The maximum absolute atomic E-state index is 12.1. The van der Waals surface area contributed by atoms with Crippen molar-refractivity contribution in [1.29, 1.82) is 0 Å². The van der Waals surface area contributed by atoms with E-state index in [2.05, 4.69) is 10.0 Å². The summed E-state index contributed by atoms with van der Waals surface area (Å²) in [6, 6.07) is 6.15. The van der Waals surface area contributed by atoms with Crippen molar-refractivity contribution >= 4 is 27.5 Å². The van der Waals surface area contributed by atoms with Gasteiger partial charge in [0, 0.05) is 5.02 Å². The number of benzene rings is 1. The summed E-state index contributed by atoms with van der Waals surface area (Å²) < 4.78 is 24.6. The van der Waals surface area contributed by atoms with Crippen LogP contribution in [0, 0.1) is 5.92 Å². The van der Waals surface area contributed by atoms with Crippen molar-refractivity contribution in [3.63, 3.8) is 0 Å². The minimum Gasteiger partial charge on any atom is -0.348 e. The minimum absolute atomic E-state index is 0.110. The normalized spacial score (nSPS) is 14.8. The molecular weight excluding hydrogens is 312 g/mol. The maximum atomic E-state index is 12.1. The fourth-order valence-corrected chi connectivity index (χ4v) is 2.99. The maximum Gasteiger partial charge on any atom is 0.238 e. The number of carbonyl (C=O) groups is 1. The lowest BCUT2D eigenvalue weighted by Crippen LogP contribution is -2.46. The Morgan fingerprint density at radius 2 is 1.76 bits per heavy atom. The van der Waals surface area contributed by atoms with Gasteiger partial charge in [0.15, 0.2) is 0 Å². The summed E-state index contributed by atoms with van der Waals surface area (Å²) >= 11 is 6.17. The quantitative estimate of drug-likeness (QED) is 0.837. The Hall–Kier alpha value is -1.11. The molecule has 2 atom stereocenters. The summed E-state index contributed by atoms with van der Waals surface area (Å²) in [6.07, 6.45) is 1.02. The molecule has 0 aromatic heterocycles. The molecule has 0 bridgehead atoms. The summed E-state index contributed by atoms with van der Waals surface area (Å²) in [4.78, 5) is 12.1. The molecule has 0 heterocycles. The van der Waals surface area contributed by atoms with Crippen molar-refractivity contribution < 1.29 is 13.2 Å². The van der Waals surface area contributed by atoms with Gasteiger partial charge < -0.3 is 5.32 Å². The summed E-state index contributed by atoms with van der Waals surface area (Å²) in [6.45, 7) is 5.42. The number of amides is 1. The molecule has 1 aromatic carbocycles. The molecular formula is C14H21ClN2O3S. The van der Waals surface area contributed by atoms with Crippen molar-refractivity contribution in [2.24, 2.45) is 5.92 Å². The Bertz CT molecular complexity index is 602. The van der Waals surface area contributed by atoms with Crippen LogP contribution in [-0.4, -0.2) is 26.6 Å². The average molecular weight is 333 g/mol. The molecule has 5 nitrogen and oxygen atoms in total. The Balaban J connectivity index is 2.90. The lowest BCUT2D eigenvalue weighted by Gasteiger charge is -2.25. The first-order valence-corrected chi connectivity index (χ1v) is 8.91. The molecule has 7 heteroatoms. The molecule has 0 saturated carbocycles. The van der Waals surface area contributed by atoms with E-state index in [1.807, 2.05) is 32.0 Å². The highest BCUT2D eigenvalue weighted by Crippen LogP contribution is 2.28. The minimum atomic E-state index is -3.43. The Labute approximate surface area is 131 Å². The van der Waals surface area contributed by atoms with E-state index in [1.54, 1.807) is 6.07 Å². The molecule has 1 rings (SSSR count). The lowest BCUT2D eigenvalue weighted by molar-refractivity contribution is -0.123. The highest BCUT2D eigenvalue weighted by Gasteiger charge is 2.24. The van der Waals surface area contributed by atoms with Crippen LogP contribution in [0.25, 0.3) is 0 Å². The van der Waals surface area contributed by atoms with Crippen LogP contribution >= 0.6 is 11.6 Å². The highest BCUT2D eigenvalue weighted by molar-refractivity contribution is 7.88. The molecule has 1 amide bonds. The number of hydrogen-bond acceptors (Lipinski definition) is 3. The standard InChI is InChI=1S/C14H21ClN2O3S/c1-9(2)13(11-7-5-6-8-12(11)15)16-14(18)10(3)17-21(4,19)20/h5-10,13,17H,1-4H3,(H,16,18)/t10-,13-/m0/s1. The van der Waals surface area contributed by atoms with E-state index in [-0.39, 0.29) is 17.9 Å². The van der Waals surface area contributed by atoms with E-state index < -0.39 is 16.1 Å². The Kier molecular flexibility index (Phi) is 6.19. The predicted octanol–water partition coefficient (Wildman–Crippen LogP) is 2.09. The van der Waals surface area contributed by atoms with Crippen LogP contribution in [0.5, 0.6) is 0 Å².